The fraction of sp³-hybridized carbons (Fsp3) is 0.182. The van der Waals surface area contributed by atoms with Gasteiger partial charge in [0.05, 0.1) is 5.69 Å². The van der Waals surface area contributed by atoms with E-state index < -0.39 is 0 Å². The lowest BCUT2D eigenvalue weighted by atomic mass is 10.2. The molecule has 15 heavy (non-hydrogen) atoms. The van der Waals surface area contributed by atoms with Crippen LogP contribution in [-0.2, 0) is 4.79 Å². The second kappa shape index (κ2) is 3.65. The predicted octanol–water partition coefficient (Wildman–Crippen LogP) is 1.30. The maximum Gasteiger partial charge on any atom is 0.265 e. The number of fused-ring (bicyclic) bond motifs is 1. The summed E-state index contributed by atoms with van der Waals surface area (Å²) in [6.07, 6.45) is 1.64. The average Bonchev–Trinajstić information content (AvgIpc) is 2.23. The van der Waals surface area contributed by atoms with Crippen molar-refractivity contribution in [2.24, 2.45) is 0 Å². The highest BCUT2D eigenvalue weighted by Gasteiger charge is 2.24. The average molecular weight is 205 g/mol. The van der Waals surface area contributed by atoms with Crippen molar-refractivity contribution in [2.75, 3.05) is 18.1 Å². The Balaban J connectivity index is 2.45. The van der Waals surface area contributed by atoms with Crippen molar-refractivity contribution in [1.29, 1.82) is 0 Å². The van der Waals surface area contributed by atoms with Gasteiger partial charge in [-0.05, 0) is 12.1 Å². The fourth-order valence-electron chi connectivity index (χ4n) is 1.52. The standard InChI is InChI=1S/C11H11NO3/c1-2-5-12-9-6-8(13)3-4-10(9)15-7-11(12)14/h2-4,6,13H,1,5,7H2. The number of benzene rings is 1. The number of nitrogens with zero attached hydrogens (tertiary/aromatic N) is 1. The van der Waals surface area contributed by atoms with E-state index in [9.17, 15) is 9.90 Å². The molecule has 0 aliphatic carbocycles. The van der Waals surface area contributed by atoms with Crippen LogP contribution in [0.2, 0.25) is 0 Å². The molecule has 4 nitrogen and oxygen atoms in total. The summed E-state index contributed by atoms with van der Waals surface area (Å²) in [5.74, 6) is 0.586. The lowest BCUT2D eigenvalue weighted by molar-refractivity contribution is -0.121. The summed E-state index contributed by atoms with van der Waals surface area (Å²) >= 11 is 0. The van der Waals surface area contributed by atoms with Gasteiger partial charge in [-0.2, -0.15) is 0 Å². The van der Waals surface area contributed by atoms with Crippen LogP contribution in [0.15, 0.2) is 30.9 Å². The Labute approximate surface area is 87.4 Å². The van der Waals surface area contributed by atoms with Crippen LogP contribution in [0.4, 0.5) is 5.69 Å². The molecule has 1 aliphatic rings. The third kappa shape index (κ3) is 1.66. The topological polar surface area (TPSA) is 49.8 Å². The van der Waals surface area contributed by atoms with Crippen LogP contribution in [0.1, 0.15) is 0 Å². The summed E-state index contributed by atoms with van der Waals surface area (Å²) in [5, 5.41) is 9.34. The van der Waals surface area contributed by atoms with E-state index in [1.54, 1.807) is 12.1 Å². The Morgan fingerprint density at radius 3 is 3.13 bits per heavy atom. The quantitative estimate of drug-likeness (QED) is 0.740. The van der Waals surface area contributed by atoms with E-state index in [-0.39, 0.29) is 18.3 Å². The molecule has 0 saturated heterocycles. The monoisotopic (exact) mass is 205 g/mol. The van der Waals surface area contributed by atoms with E-state index >= 15 is 0 Å². The normalized spacial score (nSPS) is 14.4. The highest BCUT2D eigenvalue weighted by Crippen LogP contribution is 2.34. The Morgan fingerprint density at radius 1 is 1.60 bits per heavy atom. The van der Waals surface area contributed by atoms with Gasteiger partial charge in [-0.25, -0.2) is 0 Å². The lowest BCUT2D eigenvalue weighted by Gasteiger charge is -2.28. The highest BCUT2D eigenvalue weighted by molar-refractivity contribution is 5.98. The molecule has 0 radical (unpaired) electrons. The SMILES string of the molecule is C=CCN1C(=O)COc2ccc(O)cc21. The Kier molecular flexibility index (Phi) is 2.33. The van der Waals surface area contributed by atoms with Gasteiger partial charge in [0.15, 0.2) is 6.61 Å². The van der Waals surface area contributed by atoms with Crippen molar-refractivity contribution >= 4 is 11.6 Å². The van der Waals surface area contributed by atoms with E-state index in [2.05, 4.69) is 6.58 Å². The number of ether oxygens (including phenoxy) is 1. The van der Waals surface area contributed by atoms with Gasteiger partial charge in [0, 0.05) is 12.6 Å². The van der Waals surface area contributed by atoms with E-state index in [0.717, 1.165) is 0 Å². The van der Waals surface area contributed by atoms with Gasteiger partial charge >= 0.3 is 0 Å². The van der Waals surface area contributed by atoms with Gasteiger partial charge in [0.1, 0.15) is 11.5 Å². The number of carbonyl (C=O) groups is 1. The van der Waals surface area contributed by atoms with Crippen molar-refractivity contribution in [3.63, 3.8) is 0 Å². The summed E-state index contributed by atoms with van der Waals surface area (Å²) in [6, 6.07) is 4.68. The first-order chi connectivity index (χ1) is 7.22. The van der Waals surface area contributed by atoms with E-state index in [0.29, 0.717) is 18.0 Å². The van der Waals surface area contributed by atoms with Gasteiger partial charge in [-0.15, -0.1) is 6.58 Å². The molecular formula is C11H11NO3. The first-order valence-corrected chi connectivity index (χ1v) is 4.59. The summed E-state index contributed by atoms with van der Waals surface area (Å²) in [7, 11) is 0. The van der Waals surface area contributed by atoms with E-state index in [1.165, 1.54) is 17.0 Å². The van der Waals surface area contributed by atoms with E-state index in [4.69, 9.17) is 4.74 Å². The molecule has 1 N–H and O–H groups in total. The number of carbonyl (C=O) groups excluding carboxylic acids is 1. The molecule has 1 amide bonds. The molecule has 4 heteroatoms. The Morgan fingerprint density at radius 2 is 2.40 bits per heavy atom. The molecule has 0 aromatic heterocycles. The molecular weight excluding hydrogens is 194 g/mol. The lowest BCUT2D eigenvalue weighted by Crippen LogP contribution is -2.38. The largest absolute Gasteiger partial charge is 0.508 e. The van der Waals surface area contributed by atoms with Crippen molar-refractivity contribution in [1.82, 2.24) is 0 Å². The highest BCUT2D eigenvalue weighted by atomic mass is 16.5. The Hall–Kier alpha value is -1.97. The zero-order valence-corrected chi connectivity index (χ0v) is 8.14. The predicted molar refractivity (Wildman–Crippen MR) is 56.2 cm³/mol. The zero-order valence-electron chi connectivity index (χ0n) is 8.14. The number of hydrogen-bond donors (Lipinski definition) is 1. The molecule has 0 saturated carbocycles. The minimum atomic E-state index is -0.131. The van der Waals surface area contributed by atoms with Gasteiger partial charge in [-0.1, -0.05) is 6.08 Å². The summed E-state index contributed by atoms with van der Waals surface area (Å²) in [6.45, 7) is 4.04. The van der Waals surface area contributed by atoms with Crippen molar-refractivity contribution < 1.29 is 14.6 Å². The molecule has 0 bridgehead atoms. The molecule has 0 spiro atoms. The van der Waals surface area contributed by atoms with Crippen molar-refractivity contribution in [3.05, 3.63) is 30.9 Å². The minimum Gasteiger partial charge on any atom is -0.508 e. The van der Waals surface area contributed by atoms with E-state index in [1.807, 2.05) is 0 Å². The molecule has 0 fully saturated rings. The zero-order chi connectivity index (χ0) is 10.8. The van der Waals surface area contributed by atoms with Crippen LogP contribution in [0.3, 0.4) is 0 Å². The number of amides is 1. The maximum absolute atomic E-state index is 11.5. The second-order valence-corrected chi connectivity index (χ2v) is 3.23. The van der Waals surface area contributed by atoms with Gasteiger partial charge in [0.25, 0.3) is 5.91 Å². The molecule has 1 aromatic rings. The third-order valence-corrected chi connectivity index (χ3v) is 2.20. The summed E-state index contributed by atoms with van der Waals surface area (Å²) in [5.41, 5.74) is 0.589. The number of phenols is 1. The van der Waals surface area contributed by atoms with Crippen LogP contribution in [-0.4, -0.2) is 24.2 Å². The van der Waals surface area contributed by atoms with Crippen LogP contribution in [0.5, 0.6) is 11.5 Å². The van der Waals surface area contributed by atoms with Gasteiger partial charge in [0.2, 0.25) is 0 Å². The maximum atomic E-state index is 11.5. The van der Waals surface area contributed by atoms with Gasteiger partial charge < -0.3 is 14.7 Å². The number of aromatic hydroxyl groups is 1. The first-order valence-electron chi connectivity index (χ1n) is 4.59. The third-order valence-electron chi connectivity index (χ3n) is 2.20. The summed E-state index contributed by atoms with van der Waals surface area (Å²) in [4.78, 5) is 13.1. The van der Waals surface area contributed by atoms with Crippen LogP contribution < -0.4 is 9.64 Å². The molecule has 1 heterocycles. The van der Waals surface area contributed by atoms with Crippen molar-refractivity contribution in [2.45, 2.75) is 0 Å². The fourth-order valence-corrected chi connectivity index (χ4v) is 1.52. The number of anilines is 1. The second-order valence-electron chi connectivity index (χ2n) is 3.23. The first kappa shape index (κ1) is 9.58. The molecule has 78 valence electrons. The van der Waals surface area contributed by atoms with Crippen LogP contribution >= 0.6 is 0 Å². The minimum absolute atomic E-state index is 0.0333. The van der Waals surface area contributed by atoms with Crippen LogP contribution in [0, 0.1) is 0 Å². The van der Waals surface area contributed by atoms with Crippen LogP contribution in [0.25, 0.3) is 0 Å². The van der Waals surface area contributed by atoms with Gasteiger partial charge in [-0.3, -0.25) is 4.79 Å². The molecule has 1 aliphatic heterocycles. The molecule has 1 aromatic carbocycles. The Bertz CT molecular complexity index is 414. The number of hydrogen-bond acceptors (Lipinski definition) is 3. The molecule has 0 unspecified atom stereocenters. The number of rotatable bonds is 2. The summed E-state index contributed by atoms with van der Waals surface area (Å²) < 4.78 is 5.23. The molecule has 2 rings (SSSR count). The smallest absolute Gasteiger partial charge is 0.265 e. The molecule has 0 atom stereocenters. The van der Waals surface area contributed by atoms with Crippen molar-refractivity contribution in [3.8, 4) is 11.5 Å². The number of phenolic OH excluding ortho intramolecular Hbond substituents is 1.